The van der Waals surface area contributed by atoms with Crippen LogP contribution in [0.3, 0.4) is 0 Å². The molecule has 0 saturated carbocycles. The van der Waals surface area contributed by atoms with Gasteiger partial charge >= 0.3 is 0 Å². The minimum Gasteiger partial charge on any atom is -0.377 e. The molecule has 3 aliphatic heterocycles. The Bertz CT molecular complexity index is 334. The summed E-state index contributed by atoms with van der Waals surface area (Å²) in [6, 6.07) is 0.816. The molecule has 0 spiro atoms. The number of piperazine rings is 1. The van der Waals surface area contributed by atoms with E-state index in [0.29, 0.717) is 6.10 Å². The predicted molar refractivity (Wildman–Crippen MR) is 97.6 cm³/mol. The second-order valence-corrected chi connectivity index (χ2v) is 7.61. The van der Waals surface area contributed by atoms with Gasteiger partial charge in [-0.15, -0.1) is 0 Å². The van der Waals surface area contributed by atoms with Gasteiger partial charge in [-0.05, 0) is 51.7 Å². The van der Waals surface area contributed by atoms with Crippen molar-refractivity contribution in [3.8, 4) is 0 Å². The van der Waals surface area contributed by atoms with Crippen LogP contribution in [0.1, 0.15) is 39.0 Å². The lowest BCUT2D eigenvalue weighted by atomic mass is 10.0. The van der Waals surface area contributed by atoms with Crippen molar-refractivity contribution in [2.45, 2.75) is 51.2 Å². The smallest absolute Gasteiger partial charge is 0.0808 e. The van der Waals surface area contributed by atoms with Gasteiger partial charge in [0, 0.05) is 45.4 Å². The third kappa shape index (κ3) is 5.67. The number of likely N-dealkylation sites (tertiary alicyclic amines) is 1. The summed E-state index contributed by atoms with van der Waals surface area (Å²) >= 11 is 0. The molecule has 1 atom stereocenters. The van der Waals surface area contributed by atoms with Crippen LogP contribution in [0.4, 0.5) is 0 Å². The van der Waals surface area contributed by atoms with Crippen molar-refractivity contribution >= 4 is 0 Å². The molecule has 3 aliphatic rings. The van der Waals surface area contributed by atoms with Crippen LogP contribution >= 0.6 is 0 Å². The Morgan fingerprint density at radius 2 is 1.71 bits per heavy atom. The first-order chi connectivity index (χ1) is 11.8. The van der Waals surface area contributed by atoms with Crippen molar-refractivity contribution in [1.82, 2.24) is 14.7 Å². The van der Waals surface area contributed by atoms with Crippen molar-refractivity contribution in [2.24, 2.45) is 0 Å². The van der Waals surface area contributed by atoms with Gasteiger partial charge in [-0.2, -0.15) is 0 Å². The van der Waals surface area contributed by atoms with Gasteiger partial charge in [0.2, 0.25) is 0 Å². The number of likely N-dealkylation sites (N-methyl/N-ethyl adjacent to an activating group) is 1. The number of hydrogen-bond acceptors (Lipinski definition) is 5. The van der Waals surface area contributed by atoms with Gasteiger partial charge in [0.1, 0.15) is 0 Å². The lowest BCUT2D eigenvalue weighted by Gasteiger charge is -2.42. The zero-order valence-electron chi connectivity index (χ0n) is 15.6. The molecule has 3 rings (SSSR count). The second-order valence-electron chi connectivity index (χ2n) is 7.61. The molecule has 0 radical (unpaired) electrons. The summed E-state index contributed by atoms with van der Waals surface area (Å²) in [5, 5.41) is 0. The van der Waals surface area contributed by atoms with Crippen LogP contribution in [-0.2, 0) is 9.47 Å². The topological polar surface area (TPSA) is 28.2 Å². The molecule has 5 nitrogen and oxygen atoms in total. The fraction of sp³-hybridized carbons (Fsp3) is 1.00. The van der Waals surface area contributed by atoms with Gasteiger partial charge in [-0.25, -0.2) is 0 Å². The summed E-state index contributed by atoms with van der Waals surface area (Å²) in [4.78, 5) is 7.89. The zero-order valence-corrected chi connectivity index (χ0v) is 15.6. The van der Waals surface area contributed by atoms with E-state index in [4.69, 9.17) is 9.47 Å². The molecule has 0 aromatic carbocycles. The fourth-order valence-electron chi connectivity index (χ4n) is 4.30. The predicted octanol–water partition coefficient (Wildman–Crippen LogP) is 1.67. The van der Waals surface area contributed by atoms with Crippen LogP contribution in [0, 0.1) is 0 Å². The molecule has 0 bridgehead atoms. The van der Waals surface area contributed by atoms with E-state index in [1.54, 1.807) is 0 Å². The maximum Gasteiger partial charge on any atom is 0.0808 e. The molecule has 3 saturated heterocycles. The largest absolute Gasteiger partial charge is 0.377 e. The van der Waals surface area contributed by atoms with Crippen molar-refractivity contribution in [3.05, 3.63) is 0 Å². The Morgan fingerprint density at radius 3 is 2.38 bits per heavy atom. The van der Waals surface area contributed by atoms with Crippen LogP contribution < -0.4 is 0 Å². The van der Waals surface area contributed by atoms with E-state index >= 15 is 0 Å². The van der Waals surface area contributed by atoms with E-state index in [1.807, 2.05) is 0 Å². The summed E-state index contributed by atoms with van der Waals surface area (Å²) in [7, 11) is 0. The highest BCUT2D eigenvalue weighted by Crippen LogP contribution is 2.18. The highest BCUT2D eigenvalue weighted by molar-refractivity contribution is 4.83. The first kappa shape index (κ1) is 18.6. The van der Waals surface area contributed by atoms with E-state index in [9.17, 15) is 0 Å². The summed E-state index contributed by atoms with van der Waals surface area (Å²) < 4.78 is 11.6. The average molecular weight is 340 g/mol. The SMILES string of the molecule is CCN1CCN(C2CCN(CCOC[C@@H]3CCCCO3)CC2)CC1. The highest BCUT2D eigenvalue weighted by Gasteiger charge is 2.26. The zero-order chi connectivity index (χ0) is 16.6. The van der Waals surface area contributed by atoms with E-state index in [1.165, 1.54) is 77.9 Å². The Kier molecular flexibility index (Phi) is 7.80. The number of nitrogens with zero attached hydrogens (tertiary/aromatic N) is 3. The van der Waals surface area contributed by atoms with Crippen molar-refractivity contribution < 1.29 is 9.47 Å². The molecule has 0 unspecified atom stereocenters. The van der Waals surface area contributed by atoms with Crippen LogP contribution in [0.2, 0.25) is 0 Å². The van der Waals surface area contributed by atoms with Gasteiger partial charge < -0.3 is 19.3 Å². The van der Waals surface area contributed by atoms with Crippen LogP contribution in [0.5, 0.6) is 0 Å². The van der Waals surface area contributed by atoms with Gasteiger partial charge in [-0.1, -0.05) is 6.92 Å². The standard InChI is InChI=1S/C19H37N3O2/c1-2-20-10-12-22(13-11-20)18-6-8-21(9-7-18)14-16-23-17-19-5-3-4-15-24-19/h18-19H,2-17H2,1H3/t19-/m0/s1. The van der Waals surface area contributed by atoms with Crippen LogP contribution in [0.15, 0.2) is 0 Å². The maximum atomic E-state index is 5.86. The first-order valence-corrected chi connectivity index (χ1v) is 10.2. The molecule has 3 fully saturated rings. The van der Waals surface area contributed by atoms with E-state index < -0.39 is 0 Å². The second kappa shape index (κ2) is 10.1. The molecule has 0 aromatic rings. The van der Waals surface area contributed by atoms with Crippen molar-refractivity contribution in [3.63, 3.8) is 0 Å². The third-order valence-electron chi connectivity index (χ3n) is 6.06. The number of hydrogen-bond donors (Lipinski definition) is 0. The Morgan fingerprint density at radius 1 is 0.917 bits per heavy atom. The summed E-state index contributed by atoms with van der Waals surface area (Å²) in [6.07, 6.45) is 6.71. The summed E-state index contributed by atoms with van der Waals surface area (Å²) in [5.41, 5.74) is 0. The monoisotopic (exact) mass is 339 g/mol. The Labute approximate surface area is 148 Å². The molecular formula is C19H37N3O2. The molecule has 0 N–H and O–H groups in total. The molecule has 0 aromatic heterocycles. The molecule has 0 aliphatic carbocycles. The normalized spacial score (nSPS) is 29.1. The summed E-state index contributed by atoms with van der Waals surface area (Å²) in [6.45, 7) is 14.7. The number of ether oxygens (including phenoxy) is 2. The van der Waals surface area contributed by atoms with Gasteiger partial charge in [0.15, 0.2) is 0 Å². The van der Waals surface area contributed by atoms with E-state index in [0.717, 1.165) is 32.4 Å². The van der Waals surface area contributed by atoms with Crippen molar-refractivity contribution in [1.29, 1.82) is 0 Å². The molecule has 5 heteroatoms. The van der Waals surface area contributed by atoms with Crippen molar-refractivity contribution in [2.75, 3.05) is 72.2 Å². The first-order valence-electron chi connectivity index (χ1n) is 10.2. The van der Waals surface area contributed by atoms with E-state index in [2.05, 4.69) is 21.6 Å². The molecule has 3 heterocycles. The lowest BCUT2D eigenvalue weighted by molar-refractivity contribution is -0.0447. The average Bonchev–Trinajstić information content (AvgIpc) is 2.67. The number of piperidine rings is 1. The van der Waals surface area contributed by atoms with Gasteiger partial charge in [-0.3, -0.25) is 4.90 Å². The molecular weight excluding hydrogens is 302 g/mol. The van der Waals surface area contributed by atoms with Crippen LogP contribution in [0.25, 0.3) is 0 Å². The molecule has 0 amide bonds. The van der Waals surface area contributed by atoms with Gasteiger partial charge in [0.25, 0.3) is 0 Å². The molecule has 24 heavy (non-hydrogen) atoms. The Balaban J connectivity index is 1.24. The van der Waals surface area contributed by atoms with E-state index in [-0.39, 0.29) is 0 Å². The minimum atomic E-state index is 0.353. The highest BCUT2D eigenvalue weighted by atomic mass is 16.5. The number of rotatable bonds is 7. The van der Waals surface area contributed by atoms with Gasteiger partial charge in [0.05, 0.1) is 19.3 Å². The molecule has 140 valence electrons. The third-order valence-corrected chi connectivity index (χ3v) is 6.06. The maximum absolute atomic E-state index is 5.86. The lowest BCUT2D eigenvalue weighted by Crippen LogP contribution is -2.53. The fourth-order valence-corrected chi connectivity index (χ4v) is 4.30. The summed E-state index contributed by atoms with van der Waals surface area (Å²) in [5.74, 6) is 0. The Hall–Kier alpha value is -0.200. The van der Waals surface area contributed by atoms with Crippen LogP contribution in [-0.4, -0.2) is 99.0 Å². The quantitative estimate of drug-likeness (QED) is 0.658. The minimum absolute atomic E-state index is 0.353.